The molecule has 0 saturated heterocycles. The second-order valence-corrected chi connectivity index (χ2v) is 12.0. The van der Waals surface area contributed by atoms with Crippen LogP contribution in [0.4, 0.5) is 35.1 Å². The van der Waals surface area contributed by atoms with Gasteiger partial charge in [-0.3, -0.25) is 0 Å². The highest BCUT2D eigenvalue weighted by Crippen LogP contribution is 2.74. The predicted molar refractivity (Wildman–Crippen MR) is 146 cm³/mol. The fourth-order valence-corrected chi connectivity index (χ4v) is 8.58. The molecule has 0 aliphatic rings. The van der Waals surface area contributed by atoms with Crippen LogP contribution in [0.25, 0.3) is 18.2 Å². The number of halogens is 8. The highest BCUT2D eigenvalue weighted by Gasteiger charge is 2.38. The minimum atomic E-state index is -3.81. The molecule has 9 heteroatoms. The molecule has 0 aliphatic carbocycles. The van der Waals surface area contributed by atoms with E-state index in [1.165, 1.54) is 6.92 Å². The SMILES string of the molecule is C=Cc1c(F)cc(S(c2cc(F)c(C=C)c(F)c2)(c2cc(F)c(C=C)c(F)c2)c2cc(F)c(CC)c(F)c2)cc1F. The van der Waals surface area contributed by atoms with Crippen LogP contribution in [0, 0.1) is 46.5 Å². The van der Waals surface area contributed by atoms with E-state index in [4.69, 9.17) is 0 Å². The number of hydrogen-bond donors (Lipinski definition) is 0. The summed E-state index contributed by atoms with van der Waals surface area (Å²) in [5.41, 5.74) is -2.00. The van der Waals surface area contributed by atoms with Gasteiger partial charge in [0, 0.05) is 41.8 Å². The number of hydrogen-bond acceptors (Lipinski definition) is 0. The maximum absolute atomic E-state index is 15.3. The summed E-state index contributed by atoms with van der Waals surface area (Å²) < 4.78 is 122. The highest BCUT2D eigenvalue weighted by molar-refractivity contribution is 8.34. The van der Waals surface area contributed by atoms with Gasteiger partial charge in [-0.2, -0.15) is 0 Å². The quantitative estimate of drug-likeness (QED) is 0.179. The van der Waals surface area contributed by atoms with Crippen molar-refractivity contribution in [2.24, 2.45) is 0 Å². The van der Waals surface area contributed by atoms with Gasteiger partial charge in [0.1, 0.15) is 46.5 Å². The zero-order chi connectivity index (χ0) is 30.2. The molecule has 0 nitrogen and oxygen atoms in total. The molecule has 0 unspecified atom stereocenters. The van der Waals surface area contributed by atoms with Crippen LogP contribution in [0.1, 0.15) is 29.2 Å². The van der Waals surface area contributed by atoms with Crippen molar-refractivity contribution in [2.45, 2.75) is 32.9 Å². The van der Waals surface area contributed by atoms with Crippen molar-refractivity contribution < 1.29 is 35.1 Å². The summed E-state index contributed by atoms with van der Waals surface area (Å²) in [6, 6.07) is 6.38. The maximum atomic E-state index is 15.3. The Morgan fingerprint density at radius 1 is 0.463 bits per heavy atom. The van der Waals surface area contributed by atoms with Crippen LogP contribution in [0.3, 0.4) is 0 Å². The fourth-order valence-electron chi connectivity index (χ4n) is 4.71. The van der Waals surface area contributed by atoms with Crippen molar-refractivity contribution in [2.75, 3.05) is 0 Å². The number of rotatable bonds is 8. The molecule has 0 aromatic heterocycles. The van der Waals surface area contributed by atoms with Crippen LogP contribution in [0.15, 0.2) is 87.8 Å². The first-order chi connectivity index (χ1) is 19.4. The standard InChI is InChI=1S/C32H22F8S/c1-5-21-25(33)9-17(10-26(21)34)41(18-11-27(35)22(6-2)28(36)12-18,19-13-29(37)23(7-3)30(38)14-19)20-15-31(39)24(8-4)32(40)16-20/h5-7,9-16H,1-3,8H2,4H3. The smallest absolute Gasteiger partial charge is 0.134 e. The molecule has 0 atom stereocenters. The molecule has 0 heterocycles. The van der Waals surface area contributed by atoms with Gasteiger partial charge in [0.15, 0.2) is 0 Å². The summed E-state index contributed by atoms with van der Waals surface area (Å²) in [4.78, 5) is -1.55. The molecule has 41 heavy (non-hydrogen) atoms. The Kier molecular flexibility index (Phi) is 8.31. The molecule has 0 saturated carbocycles. The van der Waals surface area contributed by atoms with Gasteiger partial charge in [-0.25, -0.2) is 35.1 Å². The summed E-state index contributed by atoms with van der Waals surface area (Å²) in [7, 11) is -3.81. The van der Waals surface area contributed by atoms with Gasteiger partial charge in [0.25, 0.3) is 0 Å². The topological polar surface area (TPSA) is 0 Å². The van der Waals surface area contributed by atoms with Crippen molar-refractivity contribution in [3.05, 3.63) is 137 Å². The van der Waals surface area contributed by atoms with Crippen molar-refractivity contribution in [1.29, 1.82) is 0 Å². The van der Waals surface area contributed by atoms with Gasteiger partial charge < -0.3 is 0 Å². The Bertz CT molecular complexity index is 1480. The molecule has 0 fully saturated rings. The summed E-state index contributed by atoms with van der Waals surface area (Å²) in [5, 5.41) is 0. The summed E-state index contributed by atoms with van der Waals surface area (Å²) in [6.07, 6.45) is 2.58. The molecule has 4 aromatic rings. The molecule has 4 aromatic carbocycles. The van der Waals surface area contributed by atoms with Gasteiger partial charge in [-0.1, -0.05) is 44.9 Å². The molecule has 0 amide bonds. The van der Waals surface area contributed by atoms with Crippen molar-refractivity contribution in [3.63, 3.8) is 0 Å². The Morgan fingerprint density at radius 3 is 0.878 bits per heavy atom. The minimum Gasteiger partial charge on any atom is -0.207 e. The minimum absolute atomic E-state index is 0.0772. The second kappa shape index (κ2) is 11.4. The van der Waals surface area contributed by atoms with E-state index in [1.807, 2.05) is 0 Å². The first-order valence-electron chi connectivity index (χ1n) is 12.1. The van der Waals surface area contributed by atoms with E-state index < -0.39 is 87.9 Å². The monoisotopic (exact) mass is 590 g/mol. The lowest BCUT2D eigenvalue weighted by molar-refractivity contribution is 0.552. The van der Waals surface area contributed by atoms with Gasteiger partial charge >= 0.3 is 0 Å². The lowest BCUT2D eigenvalue weighted by Gasteiger charge is -2.42. The van der Waals surface area contributed by atoms with E-state index in [1.54, 1.807) is 0 Å². The van der Waals surface area contributed by atoms with Crippen LogP contribution in [0.5, 0.6) is 0 Å². The van der Waals surface area contributed by atoms with E-state index >= 15 is 35.1 Å². The average Bonchev–Trinajstić information content (AvgIpc) is 2.89. The largest absolute Gasteiger partial charge is 0.207 e. The zero-order valence-corrected chi connectivity index (χ0v) is 22.4. The zero-order valence-electron chi connectivity index (χ0n) is 21.6. The fraction of sp³-hybridized carbons (Fsp3) is 0.0625. The van der Waals surface area contributed by atoms with Crippen LogP contribution >= 0.6 is 10.0 Å². The molecule has 0 bridgehead atoms. The average molecular weight is 591 g/mol. The number of benzene rings is 4. The van der Waals surface area contributed by atoms with Crippen LogP contribution < -0.4 is 0 Å². The molecule has 4 rings (SSSR count). The summed E-state index contributed by atoms with van der Waals surface area (Å²) in [5.74, 6) is -9.20. The van der Waals surface area contributed by atoms with Crippen LogP contribution in [-0.2, 0) is 6.42 Å². The molecular formula is C32H22F8S. The maximum Gasteiger partial charge on any atom is 0.134 e. The third kappa shape index (κ3) is 4.88. The van der Waals surface area contributed by atoms with Gasteiger partial charge in [0.2, 0.25) is 0 Å². The second-order valence-electron chi connectivity index (χ2n) is 8.85. The molecular weight excluding hydrogens is 568 g/mol. The molecule has 0 aliphatic heterocycles. The van der Waals surface area contributed by atoms with E-state index in [9.17, 15) is 0 Å². The van der Waals surface area contributed by atoms with Crippen LogP contribution in [-0.4, -0.2) is 0 Å². The lowest BCUT2D eigenvalue weighted by Crippen LogP contribution is -2.11. The van der Waals surface area contributed by atoms with Crippen molar-refractivity contribution in [3.8, 4) is 0 Å². The Balaban J connectivity index is 2.34. The van der Waals surface area contributed by atoms with E-state index in [-0.39, 0.29) is 16.9 Å². The molecule has 0 radical (unpaired) electrons. The van der Waals surface area contributed by atoms with Crippen molar-refractivity contribution in [1.82, 2.24) is 0 Å². The lowest BCUT2D eigenvalue weighted by atomic mass is 10.1. The normalized spacial score (nSPS) is 11.8. The predicted octanol–water partition coefficient (Wildman–Crippen LogP) is 10.6. The molecule has 212 valence electrons. The van der Waals surface area contributed by atoms with E-state index in [0.29, 0.717) is 0 Å². The first kappa shape index (κ1) is 29.9. The van der Waals surface area contributed by atoms with E-state index in [0.717, 1.165) is 66.8 Å². The highest BCUT2D eigenvalue weighted by atomic mass is 32.3. The van der Waals surface area contributed by atoms with E-state index in [2.05, 4.69) is 19.7 Å². The Hall–Kier alpha value is -4.11. The Morgan fingerprint density at radius 2 is 0.683 bits per heavy atom. The van der Waals surface area contributed by atoms with Crippen LogP contribution in [0.2, 0.25) is 0 Å². The van der Waals surface area contributed by atoms with Crippen molar-refractivity contribution >= 4 is 28.3 Å². The third-order valence-corrected chi connectivity index (χ3v) is 10.4. The summed E-state index contributed by atoms with van der Waals surface area (Å²) >= 11 is 0. The summed E-state index contributed by atoms with van der Waals surface area (Å²) in [6.45, 7) is 11.6. The Labute approximate surface area is 233 Å². The first-order valence-corrected chi connectivity index (χ1v) is 13.7. The van der Waals surface area contributed by atoms with Gasteiger partial charge in [-0.15, -0.1) is 10.0 Å². The third-order valence-electron chi connectivity index (χ3n) is 6.65. The molecule has 0 N–H and O–H groups in total. The van der Waals surface area contributed by atoms with Gasteiger partial charge in [0.05, 0.1) is 0 Å². The molecule has 0 spiro atoms. The van der Waals surface area contributed by atoms with Gasteiger partial charge in [-0.05, 0) is 55.0 Å².